The molecule has 1 heterocycles. The van der Waals surface area contributed by atoms with Crippen LogP contribution in [-0.2, 0) is 20.0 Å². The van der Waals surface area contributed by atoms with Crippen LogP contribution >= 0.6 is 0 Å². The lowest BCUT2D eigenvalue weighted by molar-refractivity contribution is -0.141. The van der Waals surface area contributed by atoms with Crippen LogP contribution in [0.25, 0.3) is 6.08 Å². The lowest BCUT2D eigenvalue weighted by Crippen LogP contribution is -2.44. The topological polar surface area (TPSA) is 101 Å². The molecule has 0 fully saturated rings. The molecule has 0 saturated heterocycles. The number of para-hydroxylation sites is 1. The number of carbonyl (C=O) groups excluding carboxylic acids is 3. The average molecular weight is 376 g/mol. The third kappa shape index (κ3) is 3.92. The summed E-state index contributed by atoms with van der Waals surface area (Å²) in [4.78, 5) is 37.5. The molecule has 2 aromatic rings. The third-order valence-electron chi connectivity index (χ3n) is 4.46. The van der Waals surface area contributed by atoms with Crippen molar-refractivity contribution in [1.82, 2.24) is 0 Å². The number of amides is 2. The fourth-order valence-corrected chi connectivity index (χ4v) is 3.20. The number of carbonyl (C=O) groups is 3. The van der Waals surface area contributed by atoms with Crippen LogP contribution in [0.5, 0.6) is 0 Å². The van der Waals surface area contributed by atoms with Crippen molar-refractivity contribution in [2.75, 3.05) is 11.4 Å². The van der Waals surface area contributed by atoms with Gasteiger partial charge in [0.1, 0.15) is 6.54 Å². The van der Waals surface area contributed by atoms with Crippen molar-refractivity contribution < 1.29 is 19.5 Å². The number of ketones is 1. The summed E-state index contributed by atoms with van der Waals surface area (Å²) in [5.74, 6) is -1.84. The summed E-state index contributed by atoms with van der Waals surface area (Å²) < 4.78 is 0. The first-order valence-electron chi connectivity index (χ1n) is 8.76. The first kappa shape index (κ1) is 19.3. The van der Waals surface area contributed by atoms with Crippen LogP contribution in [0.3, 0.4) is 0 Å². The van der Waals surface area contributed by atoms with E-state index >= 15 is 0 Å². The maximum absolute atomic E-state index is 12.7. The first-order valence-corrected chi connectivity index (χ1v) is 8.76. The first-order chi connectivity index (χ1) is 13.4. The van der Waals surface area contributed by atoms with Crippen LogP contribution in [0.2, 0.25) is 0 Å². The van der Waals surface area contributed by atoms with E-state index in [4.69, 9.17) is 5.73 Å². The molecule has 1 aliphatic heterocycles. The summed E-state index contributed by atoms with van der Waals surface area (Å²) in [6.45, 7) is -0.359. The molecular weight excluding hydrogens is 356 g/mol. The van der Waals surface area contributed by atoms with Crippen molar-refractivity contribution in [2.24, 2.45) is 5.73 Å². The molecule has 0 radical (unpaired) electrons. The van der Waals surface area contributed by atoms with Gasteiger partial charge in [-0.1, -0.05) is 66.8 Å². The molecule has 0 spiro atoms. The molecule has 1 atom stereocenters. The van der Waals surface area contributed by atoms with Gasteiger partial charge in [-0.3, -0.25) is 19.3 Å². The number of aliphatic hydroxyl groups is 1. The number of nitrogens with two attached hydrogens (primary N) is 1. The summed E-state index contributed by atoms with van der Waals surface area (Å²) >= 11 is 0. The third-order valence-corrected chi connectivity index (χ3v) is 4.46. The minimum absolute atomic E-state index is 0.294. The van der Waals surface area contributed by atoms with E-state index in [0.29, 0.717) is 11.3 Å². The Bertz CT molecular complexity index is 966. The number of fused-ring (bicyclic) bond motifs is 1. The molecule has 1 aliphatic rings. The van der Waals surface area contributed by atoms with Crippen molar-refractivity contribution in [3.8, 4) is 0 Å². The quantitative estimate of drug-likeness (QED) is 0.570. The van der Waals surface area contributed by atoms with Crippen molar-refractivity contribution in [1.29, 1.82) is 0 Å². The van der Waals surface area contributed by atoms with Gasteiger partial charge in [0.2, 0.25) is 5.91 Å². The molecule has 0 aliphatic carbocycles. The maximum atomic E-state index is 12.7. The van der Waals surface area contributed by atoms with Crippen LogP contribution in [0.1, 0.15) is 17.5 Å². The van der Waals surface area contributed by atoms with Crippen LogP contribution < -0.4 is 10.6 Å². The molecular formula is C22H20N2O4. The second-order valence-electron chi connectivity index (χ2n) is 6.51. The number of hydrogen-bond acceptors (Lipinski definition) is 4. The Hall–Kier alpha value is -3.51. The van der Waals surface area contributed by atoms with E-state index in [-0.39, 0.29) is 6.54 Å². The summed E-state index contributed by atoms with van der Waals surface area (Å²) in [6.07, 6.45) is 5.99. The highest BCUT2D eigenvalue weighted by molar-refractivity contribution is 6.11. The van der Waals surface area contributed by atoms with Crippen molar-refractivity contribution in [3.63, 3.8) is 0 Å². The van der Waals surface area contributed by atoms with E-state index in [1.54, 1.807) is 36.4 Å². The zero-order valence-electron chi connectivity index (χ0n) is 15.1. The van der Waals surface area contributed by atoms with E-state index in [0.717, 1.165) is 10.5 Å². The Morgan fingerprint density at radius 2 is 1.71 bits per heavy atom. The molecule has 2 amide bonds. The molecule has 142 valence electrons. The molecule has 28 heavy (non-hydrogen) atoms. The van der Waals surface area contributed by atoms with Crippen molar-refractivity contribution in [2.45, 2.75) is 12.0 Å². The normalized spacial score (nSPS) is 18.8. The molecule has 2 aromatic carbocycles. The largest absolute Gasteiger partial charge is 0.375 e. The Labute approximate surface area is 162 Å². The zero-order chi connectivity index (χ0) is 20.1. The van der Waals surface area contributed by atoms with Gasteiger partial charge in [-0.2, -0.15) is 0 Å². The van der Waals surface area contributed by atoms with Crippen LogP contribution in [0, 0.1) is 0 Å². The van der Waals surface area contributed by atoms with Crippen molar-refractivity contribution in [3.05, 3.63) is 84.0 Å². The van der Waals surface area contributed by atoms with Gasteiger partial charge in [0, 0.05) is 5.56 Å². The van der Waals surface area contributed by atoms with Gasteiger partial charge in [-0.05, 0) is 17.7 Å². The molecule has 0 aromatic heterocycles. The summed E-state index contributed by atoms with van der Waals surface area (Å²) in [5.41, 5.74) is 4.86. The maximum Gasteiger partial charge on any atom is 0.264 e. The average Bonchev–Trinajstić information content (AvgIpc) is 2.88. The number of rotatable bonds is 7. The summed E-state index contributed by atoms with van der Waals surface area (Å²) in [7, 11) is 0. The standard InChI is InChI=1S/C22H20N2O4/c23-20(26)15-24-19-13-7-6-12-18(19)22(28,21(24)27)14-17(25)11-5-4-10-16-8-2-1-3-9-16/h1-13,28H,14-15H2,(H2,23,26)/b10-4+,11-5?/t22-/m0/s1. The highest BCUT2D eigenvalue weighted by Gasteiger charge is 2.50. The van der Waals surface area contributed by atoms with E-state index in [1.165, 1.54) is 6.08 Å². The van der Waals surface area contributed by atoms with Gasteiger partial charge in [-0.25, -0.2) is 0 Å². The Morgan fingerprint density at radius 3 is 2.43 bits per heavy atom. The van der Waals surface area contributed by atoms with Crippen LogP contribution in [0.4, 0.5) is 5.69 Å². The molecule has 0 saturated carbocycles. The van der Waals surface area contributed by atoms with Gasteiger partial charge in [-0.15, -0.1) is 0 Å². The van der Waals surface area contributed by atoms with Gasteiger partial charge < -0.3 is 10.8 Å². The molecule has 6 nitrogen and oxygen atoms in total. The number of primary amides is 1. The Kier molecular flexibility index (Phi) is 5.52. The fraction of sp³-hybridized carbons (Fsp3) is 0.136. The summed E-state index contributed by atoms with van der Waals surface area (Å²) in [6, 6.07) is 16.1. The van der Waals surface area contributed by atoms with Gasteiger partial charge in [0.05, 0.1) is 12.1 Å². The number of hydrogen-bond donors (Lipinski definition) is 2. The Morgan fingerprint density at radius 1 is 1.04 bits per heavy atom. The summed E-state index contributed by atoms with van der Waals surface area (Å²) in [5, 5.41) is 11.0. The second kappa shape index (κ2) is 8.02. The number of allylic oxidation sites excluding steroid dienone is 3. The monoisotopic (exact) mass is 376 g/mol. The highest BCUT2D eigenvalue weighted by Crippen LogP contribution is 2.42. The number of nitrogens with zero attached hydrogens (tertiary/aromatic N) is 1. The van der Waals surface area contributed by atoms with Crippen LogP contribution in [-0.4, -0.2) is 29.2 Å². The van der Waals surface area contributed by atoms with E-state index < -0.39 is 29.6 Å². The van der Waals surface area contributed by atoms with E-state index in [1.807, 2.05) is 36.4 Å². The molecule has 0 bridgehead atoms. The number of anilines is 1. The minimum atomic E-state index is -2.02. The Balaban J connectivity index is 1.76. The second-order valence-corrected chi connectivity index (χ2v) is 6.51. The van der Waals surface area contributed by atoms with Gasteiger partial charge >= 0.3 is 0 Å². The fourth-order valence-electron chi connectivity index (χ4n) is 3.20. The van der Waals surface area contributed by atoms with Gasteiger partial charge in [0.25, 0.3) is 5.91 Å². The lowest BCUT2D eigenvalue weighted by atomic mass is 9.90. The van der Waals surface area contributed by atoms with Crippen molar-refractivity contribution >= 4 is 29.4 Å². The predicted octanol–water partition coefficient (Wildman–Crippen LogP) is 1.93. The minimum Gasteiger partial charge on any atom is -0.375 e. The lowest BCUT2D eigenvalue weighted by Gasteiger charge is -2.21. The molecule has 3 rings (SSSR count). The zero-order valence-corrected chi connectivity index (χ0v) is 15.1. The number of benzene rings is 2. The molecule has 3 N–H and O–H groups in total. The highest BCUT2D eigenvalue weighted by atomic mass is 16.3. The molecule has 0 unspecified atom stereocenters. The van der Waals surface area contributed by atoms with Crippen LogP contribution in [0.15, 0.2) is 72.8 Å². The predicted molar refractivity (Wildman–Crippen MR) is 106 cm³/mol. The SMILES string of the molecule is NC(=O)CN1C(=O)[C@](O)(CC(=O)C=C/C=C/c2ccccc2)c2ccccc21. The van der Waals surface area contributed by atoms with E-state index in [2.05, 4.69) is 0 Å². The van der Waals surface area contributed by atoms with E-state index in [9.17, 15) is 19.5 Å². The smallest absolute Gasteiger partial charge is 0.264 e. The molecule has 6 heteroatoms. The van der Waals surface area contributed by atoms with Gasteiger partial charge in [0.15, 0.2) is 11.4 Å².